The monoisotopic (exact) mass is 224 g/mol. The summed E-state index contributed by atoms with van der Waals surface area (Å²) in [6.07, 6.45) is 1.05. The Balaban J connectivity index is 3.06. The highest BCUT2D eigenvalue weighted by Crippen LogP contribution is 2.20. The molecular formula is C12H16O2S. The van der Waals surface area contributed by atoms with Gasteiger partial charge in [-0.2, -0.15) is 0 Å². The number of sulfone groups is 1. The predicted octanol–water partition coefficient (Wildman–Crippen LogP) is 3.12. The molecule has 0 aliphatic heterocycles. The van der Waals surface area contributed by atoms with Crippen molar-refractivity contribution in [2.75, 3.05) is 0 Å². The van der Waals surface area contributed by atoms with Gasteiger partial charge in [-0.05, 0) is 30.0 Å². The molecule has 0 aromatic heterocycles. The van der Waals surface area contributed by atoms with Gasteiger partial charge in [0, 0.05) is 5.41 Å². The molecule has 0 N–H and O–H groups in total. The molecule has 15 heavy (non-hydrogen) atoms. The van der Waals surface area contributed by atoms with Gasteiger partial charge in [-0.25, -0.2) is 8.42 Å². The van der Waals surface area contributed by atoms with E-state index in [1.165, 1.54) is 5.56 Å². The molecule has 1 aromatic rings. The SMILES string of the molecule is C=CS(=O)(=O)c1ccc(C(C)CC)cc1. The summed E-state index contributed by atoms with van der Waals surface area (Å²) in [6, 6.07) is 7.01. The van der Waals surface area contributed by atoms with Gasteiger partial charge in [0.15, 0.2) is 9.84 Å². The van der Waals surface area contributed by atoms with Crippen molar-refractivity contribution in [1.82, 2.24) is 0 Å². The standard InChI is InChI=1S/C12H16O2S/c1-4-10(3)11-6-8-12(9-7-11)15(13,14)5-2/h5-10H,2,4H2,1,3H3. The molecular weight excluding hydrogens is 208 g/mol. The Labute approximate surface area is 91.6 Å². The molecule has 1 rings (SSSR count). The lowest BCUT2D eigenvalue weighted by atomic mass is 9.99. The van der Waals surface area contributed by atoms with Gasteiger partial charge in [0.05, 0.1) is 4.90 Å². The molecule has 0 saturated carbocycles. The first-order valence-electron chi connectivity index (χ1n) is 4.98. The van der Waals surface area contributed by atoms with Crippen LogP contribution < -0.4 is 0 Å². The van der Waals surface area contributed by atoms with Crippen LogP contribution in [0.25, 0.3) is 0 Å². The highest BCUT2D eigenvalue weighted by molar-refractivity contribution is 7.94. The van der Waals surface area contributed by atoms with Crippen LogP contribution in [0.3, 0.4) is 0 Å². The van der Waals surface area contributed by atoms with Crippen LogP contribution in [-0.4, -0.2) is 8.42 Å². The van der Waals surface area contributed by atoms with Gasteiger partial charge in [-0.1, -0.05) is 32.6 Å². The lowest BCUT2D eigenvalue weighted by molar-refractivity contribution is 0.604. The van der Waals surface area contributed by atoms with Crippen molar-refractivity contribution in [1.29, 1.82) is 0 Å². The Morgan fingerprint density at radius 3 is 2.27 bits per heavy atom. The number of benzene rings is 1. The third-order valence-corrected chi connectivity index (χ3v) is 3.98. The molecule has 0 radical (unpaired) electrons. The van der Waals surface area contributed by atoms with E-state index in [4.69, 9.17) is 0 Å². The van der Waals surface area contributed by atoms with Crippen LogP contribution in [0.2, 0.25) is 0 Å². The van der Waals surface area contributed by atoms with Gasteiger partial charge in [-0.3, -0.25) is 0 Å². The fourth-order valence-corrected chi connectivity index (χ4v) is 2.03. The van der Waals surface area contributed by atoms with E-state index in [9.17, 15) is 8.42 Å². The first-order chi connectivity index (χ1) is 7.01. The Bertz CT molecular complexity index is 429. The molecule has 1 aromatic carbocycles. The second-order valence-corrected chi connectivity index (χ2v) is 5.48. The van der Waals surface area contributed by atoms with Gasteiger partial charge < -0.3 is 0 Å². The van der Waals surface area contributed by atoms with Crippen LogP contribution in [0, 0.1) is 0 Å². The molecule has 1 unspecified atom stereocenters. The second kappa shape index (κ2) is 4.62. The van der Waals surface area contributed by atoms with E-state index in [0.717, 1.165) is 11.8 Å². The quantitative estimate of drug-likeness (QED) is 0.787. The summed E-state index contributed by atoms with van der Waals surface area (Å²) in [5, 5.41) is 0.977. The summed E-state index contributed by atoms with van der Waals surface area (Å²) < 4.78 is 22.9. The van der Waals surface area contributed by atoms with Crippen molar-refractivity contribution in [3.8, 4) is 0 Å². The third kappa shape index (κ3) is 2.69. The van der Waals surface area contributed by atoms with E-state index in [1.54, 1.807) is 12.1 Å². The van der Waals surface area contributed by atoms with Gasteiger partial charge in [0.1, 0.15) is 0 Å². The minimum atomic E-state index is -3.28. The van der Waals surface area contributed by atoms with E-state index in [2.05, 4.69) is 20.4 Å². The summed E-state index contributed by atoms with van der Waals surface area (Å²) in [7, 11) is -3.28. The van der Waals surface area contributed by atoms with Gasteiger partial charge in [0.25, 0.3) is 0 Å². The zero-order valence-corrected chi connectivity index (χ0v) is 9.92. The Kier molecular flexibility index (Phi) is 3.69. The molecule has 0 fully saturated rings. The molecule has 0 amide bonds. The van der Waals surface area contributed by atoms with Gasteiger partial charge in [0.2, 0.25) is 0 Å². The summed E-state index contributed by atoms with van der Waals surface area (Å²) >= 11 is 0. The number of hydrogen-bond donors (Lipinski definition) is 0. The Morgan fingerprint density at radius 1 is 1.33 bits per heavy atom. The molecule has 0 spiro atoms. The summed E-state index contributed by atoms with van der Waals surface area (Å²) in [4.78, 5) is 0.310. The zero-order valence-electron chi connectivity index (χ0n) is 9.10. The largest absolute Gasteiger partial charge is 0.219 e. The molecule has 0 aliphatic rings. The molecule has 0 bridgehead atoms. The number of hydrogen-bond acceptors (Lipinski definition) is 2. The maximum atomic E-state index is 11.4. The topological polar surface area (TPSA) is 34.1 Å². The third-order valence-electron chi connectivity index (χ3n) is 2.61. The average molecular weight is 224 g/mol. The fourth-order valence-electron chi connectivity index (χ4n) is 1.32. The molecule has 2 nitrogen and oxygen atoms in total. The molecule has 0 heterocycles. The lowest BCUT2D eigenvalue weighted by Crippen LogP contribution is -1.97. The maximum Gasteiger partial charge on any atom is 0.199 e. The number of rotatable bonds is 4. The van der Waals surface area contributed by atoms with Crippen LogP contribution in [0.1, 0.15) is 31.7 Å². The molecule has 3 heteroatoms. The molecule has 1 atom stereocenters. The molecule has 82 valence electrons. The van der Waals surface area contributed by atoms with Crippen molar-refractivity contribution < 1.29 is 8.42 Å². The minimum Gasteiger partial charge on any atom is -0.219 e. The van der Waals surface area contributed by atoms with Crippen LogP contribution in [0.5, 0.6) is 0 Å². The first-order valence-corrected chi connectivity index (χ1v) is 6.53. The fraction of sp³-hybridized carbons (Fsp3) is 0.333. The summed E-state index contributed by atoms with van der Waals surface area (Å²) in [6.45, 7) is 7.53. The second-order valence-electron chi connectivity index (χ2n) is 3.59. The smallest absolute Gasteiger partial charge is 0.199 e. The van der Waals surface area contributed by atoms with Crippen LogP contribution in [0.4, 0.5) is 0 Å². The van der Waals surface area contributed by atoms with Crippen LogP contribution >= 0.6 is 0 Å². The Morgan fingerprint density at radius 2 is 1.87 bits per heavy atom. The van der Waals surface area contributed by atoms with E-state index in [-0.39, 0.29) is 0 Å². The predicted molar refractivity (Wildman–Crippen MR) is 62.5 cm³/mol. The van der Waals surface area contributed by atoms with E-state index < -0.39 is 9.84 Å². The lowest BCUT2D eigenvalue weighted by Gasteiger charge is -2.08. The highest BCUT2D eigenvalue weighted by atomic mass is 32.2. The minimum absolute atomic E-state index is 0.310. The van der Waals surface area contributed by atoms with Crippen molar-refractivity contribution in [3.05, 3.63) is 41.8 Å². The normalized spacial score (nSPS) is 13.5. The van der Waals surface area contributed by atoms with E-state index in [1.807, 2.05) is 12.1 Å². The maximum absolute atomic E-state index is 11.4. The van der Waals surface area contributed by atoms with Crippen LogP contribution in [0.15, 0.2) is 41.1 Å². The summed E-state index contributed by atoms with van der Waals surface area (Å²) in [5.74, 6) is 0.463. The zero-order chi connectivity index (χ0) is 11.5. The van der Waals surface area contributed by atoms with Crippen molar-refractivity contribution in [2.24, 2.45) is 0 Å². The van der Waals surface area contributed by atoms with E-state index in [0.29, 0.717) is 10.8 Å². The average Bonchev–Trinajstić information content (AvgIpc) is 2.28. The first kappa shape index (κ1) is 12.0. The molecule has 0 aliphatic carbocycles. The van der Waals surface area contributed by atoms with Crippen molar-refractivity contribution >= 4 is 9.84 Å². The molecule has 0 saturated heterocycles. The van der Waals surface area contributed by atoms with Crippen molar-refractivity contribution in [2.45, 2.75) is 31.1 Å². The van der Waals surface area contributed by atoms with E-state index >= 15 is 0 Å². The summed E-state index contributed by atoms with van der Waals surface area (Å²) in [5.41, 5.74) is 1.17. The Hall–Kier alpha value is -1.09. The van der Waals surface area contributed by atoms with Crippen LogP contribution in [-0.2, 0) is 9.84 Å². The van der Waals surface area contributed by atoms with Gasteiger partial charge >= 0.3 is 0 Å². The highest BCUT2D eigenvalue weighted by Gasteiger charge is 2.09. The van der Waals surface area contributed by atoms with Gasteiger partial charge in [-0.15, -0.1) is 0 Å². The van der Waals surface area contributed by atoms with Crippen molar-refractivity contribution in [3.63, 3.8) is 0 Å².